The Kier molecular flexibility index (Phi) is 3.05. The molecule has 106 valence electrons. The number of halogens is 3. The van der Waals surface area contributed by atoms with Gasteiger partial charge in [0.1, 0.15) is 5.69 Å². The summed E-state index contributed by atoms with van der Waals surface area (Å²) in [4.78, 5) is 0. The lowest BCUT2D eigenvalue weighted by atomic mass is 10.1. The van der Waals surface area contributed by atoms with Crippen molar-refractivity contribution in [3.05, 3.63) is 35.0 Å². The van der Waals surface area contributed by atoms with E-state index in [9.17, 15) is 8.78 Å². The highest BCUT2D eigenvalue weighted by Gasteiger charge is 2.65. The summed E-state index contributed by atoms with van der Waals surface area (Å²) in [6.45, 7) is 3.65. The summed E-state index contributed by atoms with van der Waals surface area (Å²) in [5.74, 6) is -3.79. The fourth-order valence-corrected chi connectivity index (χ4v) is 2.61. The van der Waals surface area contributed by atoms with Gasteiger partial charge in [0, 0.05) is 16.5 Å². The SMILES string of the molecule is Cc1c(Cl)cccc1-c1cn(C[C@@H]2[C@@H](C)C2(F)F)nn1. The first-order valence-electron chi connectivity index (χ1n) is 6.44. The molecule has 2 aromatic rings. The zero-order chi connectivity index (χ0) is 14.5. The van der Waals surface area contributed by atoms with Crippen LogP contribution in [0.5, 0.6) is 0 Å². The molecule has 0 saturated heterocycles. The van der Waals surface area contributed by atoms with E-state index in [2.05, 4.69) is 10.3 Å². The summed E-state index contributed by atoms with van der Waals surface area (Å²) in [5, 5.41) is 8.64. The number of benzene rings is 1. The average Bonchev–Trinajstić information content (AvgIpc) is 2.80. The van der Waals surface area contributed by atoms with Crippen LogP contribution in [-0.2, 0) is 6.54 Å². The largest absolute Gasteiger partial charge is 0.256 e. The summed E-state index contributed by atoms with van der Waals surface area (Å²) in [6, 6.07) is 5.53. The standard InChI is InChI=1S/C14H14ClF2N3/c1-8-10(4-3-5-12(8)15)13-7-20(19-18-13)6-11-9(2)14(11,16)17/h3-5,7,9,11H,6H2,1-2H3/t9-,11-/m1/s1. The molecule has 1 aromatic carbocycles. The third-order valence-corrected chi connectivity index (χ3v) is 4.47. The van der Waals surface area contributed by atoms with Crippen LogP contribution < -0.4 is 0 Å². The molecule has 20 heavy (non-hydrogen) atoms. The summed E-state index contributed by atoms with van der Waals surface area (Å²) in [5.41, 5.74) is 2.44. The quantitative estimate of drug-likeness (QED) is 0.862. The zero-order valence-corrected chi connectivity index (χ0v) is 11.9. The Bertz CT molecular complexity index is 654. The molecule has 0 aliphatic heterocycles. The summed E-state index contributed by atoms with van der Waals surface area (Å²) < 4.78 is 28.0. The van der Waals surface area contributed by atoms with Gasteiger partial charge < -0.3 is 0 Å². The van der Waals surface area contributed by atoms with Gasteiger partial charge in [0.05, 0.1) is 18.7 Å². The second kappa shape index (κ2) is 4.52. The van der Waals surface area contributed by atoms with Crippen molar-refractivity contribution in [1.82, 2.24) is 15.0 Å². The molecule has 0 unspecified atom stereocenters. The van der Waals surface area contributed by atoms with E-state index in [1.165, 1.54) is 4.68 Å². The van der Waals surface area contributed by atoms with Gasteiger partial charge in [-0.15, -0.1) is 5.10 Å². The van der Waals surface area contributed by atoms with E-state index in [1.807, 2.05) is 19.1 Å². The van der Waals surface area contributed by atoms with Crippen LogP contribution in [0.4, 0.5) is 8.78 Å². The van der Waals surface area contributed by atoms with E-state index in [0.29, 0.717) is 10.7 Å². The molecule has 1 fully saturated rings. The van der Waals surface area contributed by atoms with Gasteiger partial charge in [-0.3, -0.25) is 4.68 Å². The first kappa shape index (κ1) is 13.5. The van der Waals surface area contributed by atoms with Crippen LogP contribution in [0.15, 0.2) is 24.4 Å². The Labute approximate surface area is 120 Å². The predicted molar refractivity (Wildman–Crippen MR) is 72.8 cm³/mol. The highest BCUT2D eigenvalue weighted by atomic mass is 35.5. The van der Waals surface area contributed by atoms with Crippen molar-refractivity contribution in [2.24, 2.45) is 11.8 Å². The molecule has 0 bridgehead atoms. The molecule has 6 heteroatoms. The molecule has 0 radical (unpaired) electrons. The highest BCUT2D eigenvalue weighted by molar-refractivity contribution is 6.31. The number of hydrogen-bond donors (Lipinski definition) is 0. The molecule has 1 aromatic heterocycles. The molecule has 1 aliphatic rings. The maximum atomic E-state index is 13.2. The molecule has 3 rings (SSSR count). The lowest BCUT2D eigenvalue weighted by Gasteiger charge is -2.03. The van der Waals surface area contributed by atoms with Crippen LogP contribution in [0.1, 0.15) is 12.5 Å². The number of alkyl halides is 2. The Morgan fingerprint density at radius 3 is 2.75 bits per heavy atom. The first-order chi connectivity index (χ1) is 9.41. The van der Waals surface area contributed by atoms with E-state index in [1.54, 1.807) is 19.2 Å². The van der Waals surface area contributed by atoms with Crippen LogP contribution in [-0.4, -0.2) is 20.9 Å². The normalized spacial score (nSPS) is 23.9. The van der Waals surface area contributed by atoms with Crippen molar-refractivity contribution in [2.45, 2.75) is 26.3 Å². The van der Waals surface area contributed by atoms with Crippen molar-refractivity contribution >= 4 is 11.6 Å². The molecular formula is C14H14ClF2N3. The van der Waals surface area contributed by atoms with Gasteiger partial charge in [-0.25, -0.2) is 8.78 Å². The Morgan fingerprint density at radius 2 is 2.10 bits per heavy atom. The molecule has 1 aliphatic carbocycles. The summed E-state index contributed by atoms with van der Waals surface area (Å²) in [6.07, 6.45) is 1.69. The second-order valence-corrected chi connectivity index (χ2v) is 5.72. The molecule has 1 heterocycles. The van der Waals surface area contributed by atoms with Gasteiger partial charge in [-0.1, -0.05) is 35.9 Å². The minimum atomic E-state index is -2.57. The summed E-state index contributed by atoms with van der Waals surface area (Å²) in [7, 11) is 0. The lowest BCUT2D eigenvalue weighted by Crippen LogP contribution is -2.05. The van der Waals surface area contributed by atoms with Gasteiger partial charge in [0.15, 0.2) is 0 Å². The van der Waals surface area contributed by atoms with Crippen molar-refractivity contribution in [2.75, 3.05) is 0 Å². The topological polar surface area (TPSA) is 30.7 Å². The maximum Gasteiger partial charge on any atom is 0.256 e. The fraction of sp³-hybridized carbons (Fsp3) is 0.429. The second-order valence-electron chi connectivity index (χ2n) is 5.31. The number of rotatable bonds is 3. The molecule has 2 atom stereocenters. The smallest absolute Gasteiger partial charge is 0.251 e. The monoisotopic (exact) mass is 297 g/mol. The van der Waals surface area contributed by atoms with Gasteiger partial charge in [0.25, 0.3) is 5.92 Å². The molecule has 0 amide bonds. The molecule has 0 spiro atoms. The average molecular weight is 298 g/mol. The third kappa shape index (κ3) is 2.10. The van der Waals surface area contributed by atoms with E-state index < -0.39 is 17.8 Å². The fourth-order valence-electron chi connectivity index (χ4n) is 2.44. The van der Waals surface area contributed by atoms with Crippen LogP contribution in [0.25, 0.3) is 11.3 Å². The number of aromatic nitrogens is 3. The van der Waals surface area contributed by atoms with E-state index in [4.69, 9.17) is 11.6 Å². The Morgan fingerprint density at radius 1 is 1.40 bits per heavy atom. The lowest BCUT2D eigenvalue weighted by molar-refractivity contribution is 0.0828. The van der Waals surface area contributed by atoms with E-state index >= 15 is 0 Å². The minimum Gasteiger partial charge on any atom is -0.251 e. The molecule has 0 N–H and O–H groups in total. The van der Waals surface area contributed by atoms with E-state index in [-0.39, 0.29) is 6.54 Å². The Hall–Kier alpha value is -1.49. The summed E-state index contributed by atoms with van der Waals surface area (Å²) >= 11 is 6.07. The number of nitrogens with zero attached hydrogens (tertiary/aromatic N) is 3. The van der Waals surface area contributed by atoms with Crippen molar-refractivity contribution in [3.8, 4) is 11.3 Å². The van der Waals surface area contributed by atoms with Crippen molar-refractivity contribution < 1.29 is 8.78 Å². The van der Waals surface area contributed by atoms with Crippen molar-refractivity contribution in [1.29, 1.82) is 0 Å². The van der Waals surface area contributed by atoms with Crippen LogP contribution in [0, 0.1) is 18.8 Å². The van der Waals surface area contributed by atoms with Gasteiger partial charge >= 0.3 is 0 Å². The van der Waals surface area contributed by atoms with Crippen LogP contribution >= 0.6 is 11.6 Å². The highest BCUT2D eigenvalue weighted by Crippen LogP contribution is 2.55. The van der Waals surface area contributed by atoms with Gasteiger partial charge in [-0.2, -0.15) is 0 Å². The van der Waals surface area contributed by atoms with Crippen LogP contribution in [0.3, 0.4) is 0 Å². The number of hydrogen-bond acceptors (Lipinski definition) is 2. The van der Waals surface area contributed by atoms with Gasteiger partial charge in [-0.05, 0) is 18.6 Å². The molecular weight excluding hydrogens is 284 g/mol. The minimum absolute atomic E-state index is 0.195. The zero-order valence-electron chi connectivity index (χ0n) is 11.1. The molecule has 3 nitrogen and oxygen atoms in total. The van der Waals surface area contributed by atoms with Crippen molar-refractivity contribution in [3.63, 3.8) is 0 Å². The molecule has 1 saturated carbocycles. The Balaban J connectivity index is 1.82. The van der Waals surface area contributed by atoms with Crippen LogP contribution in [0.2, 0.25) is 5.02 Å². The van der Waals surface area contributed by atoms with E-state index in [0.717, 1.165) is 11.1 Å². The maximum absolute atomic E-state index is 13.2. The third-order valence-electron chi connectivity index (χ3n) is 4.06. The van der Waals surface area contributed by atoms with Gasteiger partial charge in [0.2, 0.25) is 0 Å². The predicted octanol–water partition coefficient (Wildman–Crippen LogP) is 3.81. The first-order valence-corrected chi connectivity index (χ1v) is 6.82.